The number of nitrogens with zero attached hydrogens (tertiary/aromatic N) is 3. The van der Waals surface area contributed by atoms with E-state index in [-0.39, 0.29) is 12.5 Å². The zero-order valence-electron chi connectivity index (χ0n) is 14.6. The molecule has 28 heavy (non-hydrogen) atoms. The number of aromatic nitrogens is 2. The molecular formula is C21H14N4O2S. The van der Waals surface area contributed by atoms with Gasteiger partial charge in [0.1, 0.15) is 21.1 Å². The summed E-state index contributed by atoms with van der Waals surface area (Å²) in [6.45, 7) is -0.124. The van der Waals surface area contributed by atoms with E-state index in [0.717, 1.165) is 20.9 Å². The summed E-state index contributed by atoms with van der Waals surface area (Å²) in [4.78, 5) is 22.0. The summed E-state index contributed by atoms with van der Waals surface area (Å²) in [7, 11) is 0. The van der Waals surface area contributed by atoms with Crippen molar-refractivity contribution in [3.8, 4) is 22.4 Å². The first-order valence-corrected chi connectivity index (χ1v) is 9.28. The highest BCUT2D eigenvalue weighted by molar-refractivity contribution is 7.21. The molecule has 0 atom stereocenters. The molecule has 2 heterocycles. The van der Waals surface area contributed by atoms with Crippen molar-refractivity contribution in [1.29, 1.82) is 5.26 Å². The standard InChI is InChI=1S/C21H14N4O2S/c22-12-14-6-8-17(9-7-14)27-13-19(26)24-16-4-1-3-15(11-16)20-25-18-5-2-10-23-21(18)28-20/h1-11H,13H2,(H,24,26). The van der Waals surface area contributed by atoms with Gasteiger partial charge in [-0.3, -0.25) is 4.79 Å². The number of anilines is 1. The van der Waals surface area contributed by atoms with E-state index in [1.807, 2.05) is 42.5 Å². The Morgan fingerprint density at radius 2 is 2.00 bits per heavy atom. The van der Waals surface area contributed by atoms with E-state index >= 15 is 0 Å². The molecule has 0 radical (unpaired) electrons. The number of ether oxygens (including phenoxy) is 1. The summed E-state index contributed by atoms with van der Waals surface area (Å²) in [5, 5.41) is 12.5. The molecule has 0 saturated carbocycles. The van der Waals surface area contributed by atoms with Crippen molar-refractivity contribution in [3.05, 3.63) is 72.4 Å². The minimum Gasteiger partial charge on any atom is -0.484 e. The second kappa shape index (κ2) is 7.86. The average molecular weight is 386 g/mol. The summed E-state index contributed by atoms with van der Waals surface area (Å²) in [5.74, 6) is 0.261. The second-order valence-corrected chi connectivity index (χ2v) is 6.88. The van der Waals surface area contributed by atoms with Crippen LogP contribution < -0.4 is 10.1 Å². The van der Waals surface area contributed by atoms with E-state index in [9.17, 15) is 4.79 Å². The third-order valence-electron chi connectivity index (χ3n) is 3.91. The zero-order chi connectivity index (χ0) is 19.3. The second-order valence-electron chi connectivity index (χ2n) is 5.90. The number of carbonyl (C=O) groups excluding carboxylic acids is 1. The lowest BCUT2D eigenvalue weighted by atomic mass is 10.2. The number of pyridine rings is 1. The van der Waals surface area contributed by atoms with Crippen molar-refractivity contribution in [2.75, 3.05) is 11.9 Å². The van der Waals surface area contributed by atoms with Crippen LogP contribution in [0.15, 0.2) is 66.9 Å². The smallest absolute Gasteiger partial charge is 0.262 e. The van der Waals surface area contributed by atoms with Gasteiger partial charge in [-0.2, -0.15) is 5.26 Å². The largest absolute Gasteiger partial charge is 0.484 e. The fourth-order valence-corrected chi connectivity index (χ4v) is 3.50. The van der Waals surface area contributed by atoms with Crippen molar-refractivity contribution in [2.24, 2.45) is 0 Å². The van der Waals surface area contributed by atoms with Gasteiger partial charge in [-0.05, 0) is 48.5 Å². The fourth-order valence-electron chi connectivity index (χ4n) is 2.59. The summed E-state index contributed by atoms with van der Waals surface area (Å²) in [6, 6.07) is 19.9. The van der Waals surface area contributed by atoms with Gasteiger partial charge < -0.3 is 10.1 Å². The number of hydrogen-bond donors (Lipinski definition) is 1. The Bertz CT molecular complexity index is 1150. The molecule has 0 aliphatic heterocycles. The maximum atomic E-state index is 12.2. The molecule has 4 rings (SSSR count). The Labute approximate surface area is 165 Å². The molecule has 0 fully saturated rings. The number of fused-ring (bicyclic) bond motifs is 1. The number of nitriles is 1. The lowest BCUT2D eigenvalue weighted by Crippen LogP contribution is -2.20. The van der Waals surface area contributed by atoms with Crippen LogP contribution in [0.3, 0.4) is 0 Å². The molecule has 0 aliphatic rings. The summed E-state index contributed by atoms with van der Waals surface area (Å²) < 4.78 is 5.45. The predicted octanol–water partition coefficient (Wildman–Crippen LogP) is 4.25. The number of amides is 1. The highest BCUT2D eigenvalue weighted by Crippen LogP contribution is 2.30. The molecule has 136 valence electrons. The molecule has 1 amide bonds. The monoisotopic (exact) mass is 386 g/mol. The molecule has 7 heteroatoms. The van der Waals surface area contributed by atoms with Crippen LogP contribution in [-0.4, -0.2) is 22.5 Å². The van der Waals surface area contributed by atoms with Crippen LogP contribution in [0.1, 0.15) is 5.56 Å². The minimum atomic E-state index is -0.271. The van der Waals surface area contributed by atoms with E-state index in [0.29, 0.717) is 17.0 Å². The molecule has 4 aromatic rings. The van der Waals surface area contributed by atoms with Crippen molar-refractivity contribution < 1.29 is 9.53 Å². The summed E-state index contributed by atoms with van der Waals surface area (Å²) >= 11 is 1.51. The highest BCUT2D eigenvalue weighted by Gasteiger charge is 2.09. The Hall–Kier alpha value is -3.76. The molecule has 1 N–H and O–H groups in total. The first kappa shape index (κ1) is 17.6. The number of rotatable bonds is 5. The highest BCUT2D eigenvalue weighted by atomic mass is 32.1. The average Bonchev–Trinajstić information content (AvgIpc) is 3.17. The van der Waals surface area contributed by atoms with Crippen LogP contribution in [0, 0.1) is 11.3 Å². The van der Waals surface area contributed by atoms with Gasteiger partial charge >= 0.3 is 0 Å². The van der Waals surface area contributed by atoms with Gasteiger partial charge in [0.2, 0.25) is 0 Å². The summed E-state index contributed by atoms with van der Waals surface area (Å²) in [6.07, 6.45) is 1.74. The van der Waals surface area contributed by atoms with Crippen molar-refractivity contribution in [3.63, 3.8) is 0 Å². The molecule has 0 aliphatic carbocycles. The molecular weight excluding hydrogens is 372 g/mol. The first-order chi connectivity index (χ1) is 13.7. The number of hydrogen-bond acceptors (Lipinski definition) is 6. The number of benzene rings is 2. The number of nitrogens with one attached hydrogen (secondary N) is 1. The van der Waals surface area contributed by atoms with Gasteiger partial charge in [-0.25, -0.2) is 9.97 Å². The first-order valence-electron chi connectivity index (χ1n) is 8.46. The normalized spacial score (nSPS) is 10.4. The Morgan fingerprint density at radius 3 is 2.79 bits per heavy atom. The summed E-state index contributed by atoms with van der Waals surface area (Å²) in [5.41, 5.74) is 2.97. The van der Waals surface area contributed by atoms with Gasteiger partial charge in [0.25, 0.3) is 5.91 Å². The molecule has 0 spiro atoms. The van der Waals surface area contributed by atoms with E-state index in [1.54, 1.807) is 30.5 Å². The van der Waals surface area contributed by atoms with Crippen molar-refractivity contribution in [1.82, 2.24) is 9.97 Å². The van der Waals surface area contributed by atoms with Crippen LogP contribution in [-0.2, 0) is 4.79 Å². The van der Waals surface area contributed by atoms with E-state index in [1.165, 1.54) is 11.3 Å². The Kier molecular flexibility index (Phi) is 4.95. The molecule has 0 unspecified atom stereocenters. The fraction of sp³-hybridized carbons (Fsp3) is 0.0476. The maximum absolute atomic E-state index is 12.2. The van der Waals surface area contributed by atoms with Crippen LogP contribution in [0.2, 0.25) is 0 Å². The van der Waals surface area contributed by atoms with E-state index < -0.39 is 0 Å². The van der Waals surface area contributed by atoms with Gasteiger partial charge in [0, 0.05) is 17.4 Å². The van der Waals surface area contributed by atoms with Gasteiger partial charge in [0.05, 0.1) is 11.6 Å². The van der Waals surface area contributed by atoms with Gasteiger partial charge in [-0.1, -0.05) is 23.5 Å². The third-order valence-corrected chi connectivity index (χ3v) is 4.94. The minimum absolute atomic E-state index is 0.124. The van der Waals surface area contributed by atoms with E-state index in [2.05, 4.69) is 15.3 Å². The molecule has 6 nitrogen and oxygen atoms in total. The molecule has 2 aromatic carbocycles. The van der Waals surface area contributed by atoms with Gasteiger partial charge in [-0.15, -0.1) is 0 Å². The Balaban J connectivity index is 1.42. The third kappa shape index (κ3) is 3.98. The molecule has 2 aromatic heterocycles. The topological polar surface area (TPSA) is 87.9 Å². The van der Waals surface area contributed by atoms with E-state index in [4.69, 9.17) is 10.00 Å². The van der Waals surface area contributed by atoms with Gasteiger partial charge in [0.15, 0.2) is 6.61 Å². The quantitative estimate of drug-likeness (QED) is 0.554. The SMILES string of the molecule is N#Cc1ccc(OCC(=O)Nc2cccc(-c3nc4cccnc4s3)c2)cc1. The lowest BCUT2D eigenvalue weighted by Gasteiger charge is -2.08. The predicted molar refractivity (Wildman–Crippen MR) is 108 cm³/mol. The number of thiazole rings is 1. The van der Waals surface area contributed by atoms with Crippen LogP contribution >= 0.6 is 11.3 Å². The Morgan fingerprint density at radius 1 is 1.14 bits per heavy atom. The van der Waals surface area contributed by atoms with Crippen LogP contribution in [0.25, 0.3) is 20.9 Å². The maximum Gasteiger partial charge on any atom is 0.262 e. The van der Waals surface area contributed by atoms with Crippen LogP contribution in [0.4, 0.5) is 5.69 Å². The van der Waals surface area contributed by atoms with Crippen molar-refractivity contribution in [2.45, 2.75) is 0 Å². The zero-order valence-corrected chi connectivity index (χ0v) is 15.4. The molecule has 0 saturated heterocycles. The van der Waals surface area contributed by atoms with Crippen LogP contribution in [0.5, 0.6) is 5.75 Å². The molecule has 0 bridgehead atoms. The van der Waals surface area contributed by atoms with Crippen molar-refractivity contribution >= 4 is 33.3 Å². The lowest BCUT2D eigenvalue weighted by molar-refractivity contribution is -0.118. The number of carbonyl (C=O) groups is 1.